The molecule has 3 aromatic carbocycles. The lowest BCUT2D eigenvalue weighted by molar-refractivity contribution is 0.324. The van der Waals surface area contributed by atoms with Crippen molar-refractivity contribution >= 4 is 22.9 Å². The van der Waals surface area contributed by atoms with Crippen molar-refractivity contribution in [2.24, 2.45) is 4.99 Å². The average molecular weight is 429 g/mol. The molecule has 0 aliphatic carbocycles. The van der Waals surface area contributed by atoms with E-state index < -0.39 is 0 Å². The number of methoxy groups -OCH3 is 3. The molecular formula is C26H23NO5. The molecule has 0 aliphatic rings. The highest BCUT2D eigenvalue weighted by atomic mass is 16.5. The summed E-state index contributed by atoms with van der Waals surface area (Å²) < 4.78 is 22.2. The van der Waals surface area contributed by atoms with Gasteiger partial charge in [-0.05, 0) is 43.3 Å². The molecule has 32 heavy (non-hydrogen) atoms. The largest absolute Gasteiger partial charge is 0.493 e. The minimum Gasteiger partial charge on any atom is -0.493 e. The van der Waals surface area contributed by atoms with Crippen molar-refractivity contribution in [3.05, 3.63) is 82.0 Å². The van der Waals surface area contributed by atoms with Crippen LogP contribution >= 0.6 is 0 Å². The smallest absolute Gasteiger partial charge is 0.203 e. The van der Waals surface area contributed by atoms with Crippen molar-refractivity contribution in [2.45, 2.75) is 6.92 Å². The van der Waals surface area contributed by atoms with Gasteiger partial charge in [-0.1, -0.05) is 23.8 Å². The fourth-order valence-electron chi connectivity index (χ4n) is 3.52. The minimum absolute atomic E-state index is 0.0895. The topological polar surface area (TPSA) is 70.3 Å². The van der Waals surface area contributed by atoms with Crippen LogP contribution in [-0.2, 0) is 0 Å². The standard InChI is InChI=1S/C26H23NO5/c1-16-9-10-22-19(11-16)21(28)14-23(32-22)18-7-5-6-8-20(18)27-15-17-12-24(29-2)26(31-4)25(13-17)30-3/h5-15H,1-4H3. The summed E-state index contributed by atoms with van der Waals surface area (Å²) in [5, 5.41) is 0.562. The third kappa shape index (κ3) is 4.07. The Morgan fingerprint density at radius 2 is 1.59 bits per heavy atom. The first-order valence-electron chi connectivity index (χ1n) is 10.0. The number of ether oxygens (including phenoxy) is 3. The fourth-order valence-corrected chi connectivity index (χ4v) is 3.52. The van der Waals surface area contributed by atoms with Gasteiger partial charge < -0.3 is 18.6 Å². The van der Waals surface area contributed by atoms with Crippen molar-refractivity contribution in [3.8, 4) is 28.6 Å². The van der Waals surface area contributed by atoms with E-state index in [0.29, 0.717) is 39.7 Å². The molecule has 0 bridgehead atoms. The molecule has 162 valence electrons. The molecule has 4 aromatic rings. The quantitative estimate of drug-likeness (QED) is 0.376. The first kappa shape index (κ1) is 21.2. The monoisotopic (exact) mass is 429 g/mol. The Hall–Kier alpha value is -4.06. The predicted molar refractivity (Wildman–Crippen MR) is 126 cm³/mol. The molecule has 1 heterocycles. The molecule has 0 atom stereocenters. The molecule has 0 amide bonds. The zero-order valence-electron chi connectivity index (χ0n) is 18.3. The van der Waals surface area contributed by atoms with E-state index in [1.54, 1.807) is 27.5 Å². The van der Waals surface area contributed by atoms with Crippen LogP contribution in [0, 0.1) is 6.92 Å². The van der Waals surface area contributed by atoms with Gasteiger partial charge in [0.25, 0.3) is 0 Å². The van der Waals surface area contributed by atoms with Crippen LogP contribution in [0.1, 0.15) is 11.1 Å². The van der Waals surface area contributed by atoms with Gasteiger partial charge in [-0.15, -0.1) is 0 Å². The van der Waals surface area contributed by atoms with E-state index in [1.165, 1.54) is 6.07 Å². The lowest BCUT2D eigenvalue weighted by Gasteiger charge is -2.12. The van der Waals surface area contributed by atoms with Gasteiger partial charge in [-0.2, -0.15) is 0 Å². The average Bonchev–Trinajstić information content (AvgIpc) is 2.82. The summed E-state index contributed by atoms with van der Waals surface area (Å²) in [5.74, 6) is 2.06. The molecule has 0 radical (unpaired) electrons. The molecule has 0 N–H and O–H groups in total. The van der Waals surface area contributed by atoms with Gasteiger partial charge in [0.1, 0.15) is 11.3 Å². The molecule has 0 unspecified atom stereocenters. The van der Waals surface area contributed by atoms with Gasteiger partial charge >= 0.3 is 0 Å². The van der Waals surface area contributed by atoms with E-state index in [4.69, 9.17) is 18.6 Å². The zero-order chi connectivity index (χ0) is 22.7. The predicted octanol–water partition coefficient (Wildman–Crippen LogP) is 5.54. The Morgan fingerprint density at radius 1 is 0.875 bits per heavy atom. The summed E-state index contributed by atoms with van der Waals surface area (Å²) in [6, 6.07) is 18.2. The number of aliphatic imine (C=N–C) groups is 1. The van der Waals surface area contributed by atoms with Crippen LogP contribution in [0.4, 0.5) is 5.69 Å². The summed E-state index contributed by atoms with van der Waals surface area (Å²) in [4.78, 5) is 17.3. The van der Waals surface area contributed by atoms with E-state index in [0.717, 1.165) is 16.7 Å². The van der Waals surface area contributed by atoms with E-state index >= 15 is 0 Å². The van der Waals surface area contributed by atoms with Crippen molar-refractivity contribution in [3.63, 3.8) is 0 Å². The van der Waals surface area contributed by atoms with Gasteiger partial charge in [0.05, 0.1) is 32.4 Å². The third-order valence-corrected chi connectivity index (χ3v) is 5.09. The van der Waals surface area contributed by atoms with Crippen molar-refractivity contribution in [2.75, 3.05) is 21.3 Å². The number of benzene rings is 3. The van der Waals surface area contributed by atoms with Gasteiger partial charge in [-0.25, -0.2) is 0 Å². The number of aryl methyl sites for hydroxylation is 1. The van der Waals surface area contributed by atoms with Gasteiger partial charge in [0.2, 0.25) is 5.75 Å². The van der Waals surface area contributed by atoms with Crippen LogP contribution in [0.5, 0.6) is 17.2 Å². The molecule has 0 saturated carbocycles. The normalized spacial score (nSPS) is 11.1. The first-order chi connectivity index (χ1) is 15.5. The highest BCUT2D eigenvalue weighted by Gasteiger charge is 2.13. The van der Waals surface area contributed by atoms with E-state index in [-0.39, 0.29) is 5.43 Å². The molecule has 0 saturated heterocycles. The van der Waals surface area contributed by atoms with Crippen LogP contribution < -0.4 is 19.6 Å². The molecule has 1 aromatic heterocycles. The van der Waals surface area contributed by atoms with Crippen molar-refractivity contribution in [1.82, 2.24) is 0 Å². The van der Waals surface area contributed by atoms with Crippen LogP contribution in [0.3, 0.4) is 0 Å². The number of hydrogen-bond donors (Lipinski definition) is 0. The van der Waals surface area contributed by atoms with Gasteiger partial charge in [-0.3, -0.25) is 9.79 Å². The maximum Gasteiger partial charge on any atom is 0.203 e. The number of rotatable bonds is 6. The van der Waals surface area contributed by atoms with E-state index in [1.807, 2.05) is 61.5 Å². The molecule has 6 nitrogen and oxygen atoms in total. The molecule has 0 aliphatic heterocycles. The van der Waals surface area contributed by atoms with Gasteiger partial charge in [0, 0.05) is 23.4 Å². The van der Waals surface area contributed by atoms with Crippen LogP contribution in [0.15, 0.2) is 74.9 Å². The third-order valence-electron chi connectivity index (χ3n) is 5.09. The minimum atomic E-state index is -0.0895. The van der Waals surface area contributed by atoms with Crippen molar-refractivity contribution in [1.29, 1.82) is 0 Å². The summed E-state index contributed by atoms with van der Waals surface area (Å²) in [6.45, 7) is 1.94. The Labute approximate surface area is 185 Å². The number of para-hydroxylation sites is 1. The summed E-state index contributed by atoms with van der Waals surface area (Å²) in [5.41, 5.74) is 3.61. The SMILES string of the molecule is COc1cc(C=Nc2ccccc2-c2cc(=O)c3cc(C)ccc3o2)cc(OC)c1OC. The van der Waals surface area contributed by atoms with Gasteiger partial charge in [0.15, 0.2) is 16.9 Å². The number of nitrogens with zero attached hydrogens (tertiary/aromatic N) is 1. The van der Waals surface area contributed by atoms with Crippen LogP contribution in [-0.4, -0.2) is 27.5 Å². The molecule has 0 spiro atoms. The highest BCUT2D eigenvalue weighted by Crippen LogP contribution is 2.38. The second-order valence-corrected chi connectivity index (χ2v) is 7.21. The zero-order valence-corrected chi connectivity index (χ0v) is 18.3. The number of hydrogen-bond acceptors (Lipinski definition) is 6. The number of fused-ring (bicyclic) bond motifs is 1. The van der Waals surface area contributed by atoms with Crippen molar-refractivity contribution < 1.29 is 18.6 Å². The highest BCUT2D eigenvalue weighted by molar-refractivity contribution is 5.87. The molecule has 6 heteroatoms. The van der Waals surface area contributed by atoms with Crippen LogP contribution in [0.2, 0.25) is 0 Å². The maximum atomic E-state index is 12.7. The fraction of sp³-hybridized carbons (Fsp3) is 0.154. The Balaban J connectivity index is 1.77. The maximum absolute atomic E-state index is 12.7. The molecule has 4 rings (SSSR count). The van der Waals surface area contributed by atoms with E-state index in [2.05, 4.69) is 4.99 Å². The second-order valence-electron chi connectivity index (χ2n) is 7.21. The second kappa shape index (κ2) is 8.98. The Kier molecular flexibility index (Phi) is 5.94. The lowest BCUT2D eigenvalue weighted by atomic mass is 10.1. The summed E-state index contributed by atoms with van der Waals surface area (Å²) >= 11 is 0. The summed E-state index contributed by atoms with van der Waals surface area (Å²) in [7, 11) is 4.69. The Bertz CT molecular complexity index is 1350. The first-order valence-corrected chi connectivity index (χ1v) is 10.0. The Morgan fingerprint density at radius 3 is 2.28 bits per heavy atom. The molecule has 0 fully saturated rings. The lowest BCUT2D eigenvalue weighted by Crippen LogP contribution is -2.00. The molecular weight excluding hydrogens is 406 g/mol. The summed E-state index contributed by atoms with van der Waals surface area (Å²) in [6.07, 6.45) is 1.70. The van der Waals surface area contributed by atoms with E-state index in [9.17, 15) is 4.79 Å². The van der Waals surface area contributed by atoms with Crippen LogP contribution in [0.25, 0.3) is 22.3 Å².